The lowest BCUT2D eigenvalue weighted by Gasteiger charge is -2.35. The first-order valence-electron chi connectivity index (χ1n) is 5.85. The number of thiazole rings is 1. The van der Waals surface area contributed by atoms with Crippen LogP contribution < -0.4 is 0 Å². The largest absolute Gasteiger partial charge is 0.235 e. The predicted octanol–water partition coefficient (Wildman–Crippen LogP) is 4.89. The minimum absolute atomic E-state index is 0.530. The van der Waals surface area contributed by atoms with Crippen molar-refractivity contribution >= 4 is 39.0 Å². The first-order valence-corrected chi connectivity index (χ1v) is 8.84. The number of nitrogens with zero attached hydrogens (tertiary/aromatic N) is 1. The zero-order chi connectivity index (χ0) is 11.4. The third-order valence-electron chi connectivity index (χ3n) is 3.30. The quantitative estimate of drug-likeness (QED) is 0.579. The standard InChI is InChI=1S/C12H18BrNS2/c1-10-7-15-11(14-10)16-9-12(8-13)5-3-2-4-6-12/h7H,2-6,8-9H2,1H3. The molecular weight excluding hydrogens is 302 g/mol. The summed E-state index contributed by atoms with van der Waals surface area (Å²) in [4.78, 5) is 4.53. The van der Waals surface area contributed by atoms with Gasteiger partial charge >= 0.3 is 0 Å². The summed E-state index contributed by atoms with van der Waals surface area (Å²) in [7, 11) is 0. The van der Waals surface area contributed by atoms with Gasteiger partial charge in [-0.2, -0.15) is 0 Å². The lowest BCUT2D eigenvalue weighted by molar-refractivity contribution is 0.260. The number of hydrogen-bond donors (Lipinski definition) is 0. The van der Waals surface area contributed by atoms with Gasteiger partial charge in [0.2, 0.25) is 0 Å². The number of hydrogen-bond acceptors (Lipinski definition) is 3. The topological polar surface area (TPSA) is 12.9 Å². The van der Waals surface area contributed by atoms with Gasteiger partial charge in [0.1, 0.15) is 4.34 Å². The van der Waals surface area contributed by atoms with Crippen molar-refractivity contribution in [3.8, 4) is 0 Å². The second-order valence-electron chi connectivity index (χ2n) is 4.74. The van der Waals surface area contributed by atoms with Crippen LogP contribution in [0.5, 0.6) is 0 Å². The van der Waals surface area contributed by atoms with Gasteiger partial charge in [0.25, 0.3) is 0 Å². The highest BCUT2D eigenvalue weighted by Crippen LogP contribution is 2.42. The Morgan fingerprint density at radius 2 is 2.19 bits per heavy atom. The first kappa shape index (κ1) is 12.9. The maximum atomic E-state index is 4.53. The van der Waals surface area contributed by atoms with Crippen molar-refractivity contribution in [2.24, 2.45) is 5.41 Å². The molecule has 0 radical (unpaired) electrons. The van der Waals surface area contributed by atoms with Gasteiger partial charge < -0.3 is 0 Å². The molecule has 0 bridgehead atoms. The van der Waals surface area contributed by atoms with Crippen LogP contribution in [0.25, 0.3) is 0 Å². The highest BCUT2D eigenvalue weighted by molar-refractivity contribution is 9.09. The number of aryl methyl sites for hydroxylation is 1. The molecule has 0 aromatic carbocycles. The van der Waals surface area contributed by atoms with Gasteiger partial charge in [-0.1, -0.05) is 47.0 Å². The Morgan fingerprint density at radius 3 is 2.75 bits per heavy atom. The molecule has 1 fully saturated rings. The average Bonchev–Trinajstić information content (AvgIpc) is 2.74. The highest BCUT2D eigenvalue weighted by atomic mass is 79.9. The maximum absolute atomic E-state index is 4.53. The Hall–Kier alpha value is 0.460. The molecule has 0 N–H and O–H groups in total. The van der Waals surface area contributed by atoms with Crippen LogP contribution in [0.2, 0.25) is 0 Å². The van der Waals surface area contributed by atoms with Crippen molar-refractivity contribution in [2.75, 3.05) is 11.1 Å². The summed E-state index contributed by atoms with van der Waals surface area (Å²) in [5.74, 6) is 1.23. The molecule has 90 valence electrons. The third kappa shape index (κ3) is 3.23. The van der Waals surface area contributed by atoms with Crippen molar-refractivity contribution in [3.05, 3.63) is 11.1 Å². The Labute approximate surface area is 115 Å². The van der Waals surface area contributed by atoms with Crippen LogP contribution in [0.3, 0.4) is 0 Å². The van der Waals surface area contributed by atoms with Gasteiger partial charge in [-0.25, -0.2) is 4.98 Å². The highest BCUT2D eigenvalue weighted by Gasteiger charge is 2.31. The van der Waals surface area contributed by atoms with Gasteiger partial charge in [0, 0.05) is 22.2 Å². The maximum Gasteiger partial charge on any atom is 0.150 e. The van der Waals surface area contributed by atoms with E-state index >= 15 is 0 Å². The Bertz CT molecular complexity index is 332. The SMILES string of the molecule is Cc1csc(SCC2(CBr)CCCCC2)n1. The summed E-state index contributed by atoms with van der Waals surface area (Å²) in [6.45, 7) is 2.07. The minimum atomic E-state index is 0.530. The first-order chi connectivity index (χ1) is 7.74. The van der Waals surface area contributed by atoms with Gasteiger partial charge in [0.15, 0.2) is 0 Å². The number of alkyl halides is 1. The van der Waals surface area contributed by atoms with Crippen molar-refractivity contribution in [3.63, 3.8) is 0 Å². The van der Waals surface area contributed by atoms with Crippen LogP contribution in [0.15, 0.2) is 9.72 Å². The Balaban J connectivity index is 1.91. The molecule has 1 aliphatic carbocycles. The monoisotopic (exact) mass is 319 g/mol. The molecule has 1 aliphatic rings. The summed E-state index contributed by atoms with van der Waals surface area (Å²) < 4.78 is 1.24. The van der Waals surface area contributed by atoms with E-state index in [0.717, 1.165) is 11.0 Å². The molecule has 0 amide bonds. The van der Waals surface area contributed by atoms with Crippen LogP contribution in [-0.4, -0.2) is 16.1 Å². The van der Waals surface area contributed by atoms with Gasteiger partial charge in [0.05, 0.1) is 0 Å². The molecule has 1 aromatic heterocycles. The van der Waals surface area contributed by atoms with Crippen LogP contribution >= 0.6 is 39.0 Å². The minimum Gasteiger partial charge on any atom is -0.235 e. The molecule has 0 atom stereocenters. The number of aromatic nitrogens is 1. The van der Waals surface area contributed by atoms with Crippen molar-refractivity contribution < 1.29 is 0 Å². The molecule has 0 unspecified atom stereocenters. The molecule has 2 rings (SSSR count). The zero-order valence-electron chi connectivity index (χ0n) is 9.67. The fourth-order valence-electron chi connectivity index (χ4n) is 2.23. The molecular formula is C12H18BrNS2. The van der Waals surface area contributed by atoms with Crippen molar-refractivity contribution in [2.45, 2.75) is 43.4 Å². The smallest absolute Gasteiger partial charge is 0.150 e. The molecule has 0 aliphatic heterocycles. The van der Waals surface area contributed by atoms with Crippen LogP contribution in [0.1, 0.15) is 37.8 Å². The van der Waals surface area contributed by atoms with E-state index in [4.69, 9.17) is 0 Å². The second-order valence-corrected chi connectivity index (χ2v) is 7.38. The number of halogens is 1. The zero-order valence-corrected chi connectivity index (χ0v) is 12.9. The Morgan fingerprint density at radius 1 is 1.44 bits per heavy atom. The summed E-state index contributed by atoms with van der Waals surface area (Å²) in [5, 5.41) is 3.29. The summed E-state index contributed by atoms with van der Waals surface area (Å²) in [6.07, 6.45) is 7.01. The van der Waals surface area contributed by atoms with E-state index < -0.39 is 0 Å². The van der Waals surface area contributed by atoms with Gasteiger partial charge in [-0.05, 0) is 25.2 Å². The van der Waals surface area contributed by atoms with Crippen molar-refractivity contribution in [1.29, 1.82) is 0 Å². The van der Waals surface area contributed by atoms with Gasteiger partial charge in [-0.15, -0.1) is 11.3 Å². The predicted molar refractivity (Wildman–Crippen MR) is 76.9 cm³/mol. The fraction of sp³-hybridized carbons (Fsp3) is 0.750. The number of thioether (sulfide) groups is 1. The number of rotatable bonds is 4. The lowest BCUT2D eigenvalue weighted by Crippen LogP contribution is -2.28. The van der Waals surface area contributed by atoms with E-state index in [1.165, 1.54) is 42.2 Å². The van der Waals surface area contributed by atoms with E-state index in [1.807, 2.05) is 11.8 Å². The Kier molecular flexibility index (Phi) is 4.74. The van der Waals surface area contributed by atoms with E-state index in [9.17, 15) is 0 Å². The molecule has 0 spiro atoms. The van der Waals surface area contributed by atoms with E-state index in [0.29, 0.717) is 5.41 Å². The summed E-state index contributed by atoms with van der Waals surface area (Å²) in [6, 6.07) is 0. The molecule has 4 heteroatoms. The third-order valence-corrected chi connectivity index (χ3v) is 6.98. The van der Waals surface area contributed by atoms with Gasteiger partial charge in [-0.3, -0.25) is 0 Å². The van der Waals surface area contributed by atoms with Crippen molar-refractivity contribution in [1.82, 2.24) is 4.98 Å². The average molecular weight is 320 g/mol. The fourth-order valence-corrected chi connectivity index (χ4v) is 5.40. The lowest BCUT2D eigenvalue weighted by atomic mass is 9.77. The van der Waals surface area contributed by atoms with E-state index in [2.05, 4.69) is 33.2 Å². The second kappa shape index (κ2) is 5.87. The molecule has 1 nitrogen and oxygen atoms in total. The summed E-state index contributed by atoms with van der Waals surface area (Å²) >= 11 is 7.45. The molecule has 1 heterocycles. The molecule has 1 aromatic rings. The molecule has 1 saturated carbocycles. The molecule has 0 saturated heterocycles. The van der Waals surface area contributed by atoms with E-state index in [1.54, 1.807) is 11.3 Å². The van der Waals surface area contributed by atoms with Crippen LogP contribution in [-0.2, 0) is 0 Å². The normalized spacial score (nSPS) is 19.9. The van der Waals surface area contributed by atoms with Crippen LogP contribution in [0.4, 0.5) is 0 Å². The summed E-state index contributed by atoms with van der Waals surface area (Å²) in [5.41, 5.74) is 1.69. The molecule has 16 heavy (non-hydrogen) atoms. The van der Waals surface area contributed by atoms with Crippen LogP contribution in [0, 0.1) is 12.3 Å². The van der Waals surface area contributed by atoms with E-state index in [-0.39, 0.29) is 0 Å².